The van der Waals surface area contributed by atoms with Crippen molar-refractivity contribution in [2.24, 2.45) is 0 Å². The monoisotopic (exact) mass is 292 g/mol. The molecule has 1 rings (SSSR count). The van der Waals surface area contributed by atoms with Gasteiger partial charge in [0.2, 0.25) is 0 Å². The molecular weight excluding hydrogens is 282 g/mol. The maximum atomic E-state index is 12.9. The van der Waals surface area contributed by atoms with Crippen molar-refractivity contribution in [2.45, 2.75) is 19.3 Å². The van der Waals surface area contributed by atoms with Gasteiger partial charge in [0.15, 0.2) is 0 Å². The van der Waals surface area contributed by atoms with E-state index in [0.29, 0.717) is 29.6 Å². The Bertz CT molecular complexity index is 354. The third kappa shape index (κ3) is 4.31. The molecule has 0 N–H and O–H groups in total. The lowest BCUT2D eigenvalue weighted by molar-refractivity contribution is -0.118. The smallest absolute Gasteiger partial charge is 0.137 e. The van der Waals surface area contributed by atoms with Gasteiger partial charge in [-0.25, -0.2) is 4.39 Å². The molecule has 0 atom stereocenters. The number of hydrogen-bond donors (Lipinski definition) is 0. The zero-order valence-corrected chi connectivity index (χ0v) is 10.4. The van der Waals surface area contributed by atoms with E-state index >= 15 is 0 Å². The molecule has 0 saturated carbocycles. The van der Waals surface area contributed by atoms with Crippen LogP contribution in [0.15, 0.2) is 22.7 Å². The van der Waals surface area contributed by atoms with Gasteiger partial charge in [-0.05, 0) is 40.0 Å². The standard InChI is InChI=1S/C11H11BrClFO/c12-10-7-8(3-4-11(10)14)6-9(15)2-1-5-13/h3-4,7H,1-2,5-6H2. The molecule has 1 aromatic rings. The Morgan fingerprint density at radius 2 is 2.20 bits per heavy atom. The van der Waals surface area contributed by atoms with Gasteiger partial charge >= 0.3 is 0 Å². The molecule has 1 nitrogen and oxygen atoms in total. The van der Waals surface area contributed by atoms with Gasteiger partial charge in [0.25, 0.3) is 0 Å². The molecule has 0 bridgehead atoms. The van der Waals surface area contributed by atoms with E-state index in [1.165, 1.54) is 6.07 Å². The number of Topliss-reactive ketones (excluding diaryl/α,β-unsaturated/α-hetero) is 1. The van der Waals surface area contributed by atoms with E-state index in [2.05, 4.69) is 15.9 Å². The maximum absolute atomic E-state index is 12.9. The van der Waals surface area contributed by atoms with Crippen LogP contribution in [0.25, 0.3) is 0 Å². The zero-order chi connectivity index (χ0) is 11.3. The molecule has 0 unspecified atom stereocenters. The summed E-state index contributed by atoms with van der Waals surface area (Å²) >= 11 is 8.57. The molecule has 1 aromatic carbocycles. The van der Waals surface area contributed by atoms with Crippen LogP contribution in [-0.2, 0) is 11.2 Å². The maximum Gasteiger partial charge on any atom is 0.137 e. The summed E-state index contributed by atoms with van der Waals surface area (Å²) in [6.45, 7) is 0. The Morgan fingerprint density at radius 1 is 1.47 bits per heavy atom. The van der Waals surface area contributed by atoms with Crippen LogP contribution < -0.4 is 0 Å². The quantitative estimate of drug-likeness (QED) is 0.756. The fourth-order valence-electron chi connectivity index (χ4n) is 1.23. The summed E-state index contributed by atoms with van der Waals surface area (Å²) in [7, 11) is 0. The van der Waals surface area contributed by atoms with E-state index in [4.69, 9.17) is 11.6 Å². The topological polar surface area (TPSA) is 17.1 Å². The fraction of sp³-hybridized carbons (Fsp3) is 0.364. The average Bonchev–Trinajstić information content (AvgIpc) is 2.20. The van der Waals surface area contributed by atoms with Crippen molar-refractivity contribution in [3.63, 3.8) is 0 Å². The first kappa shape index (κ1) is 12.7. The molecule has 82 valence electrons. The number of carbonyl (C=O) groups is 1. The van der Waals surface area contributed by atoms with Crippen LogP contribution in [0.3, 0.4) is 0 Å². The Balaban J connectivity index is 2.57. The highest BCUT2D eigenvalue weighted by Crippen LogP contribution is 2.17. The molecule has 0 amide bonds. The van der Waals surface area contributed by atoms with Crippen molar-refractivity contribution in [3.8, 4) is 0 Å². The van der Waals surface area contributed by atoms with Crippen molar-refractivity contribution in [1.29, 1.82) is 0 Å². The van der Waals surface area contributed by atoms with Crippen molar-refractivity contribution in [3.05, 3.63) is 34.1 Å². The largest absolute Gasteiger partial charge is 0.299 e. The lowest BCUT2D eigenvalue weighted by Crippen LogP contribution is -2.03. The van der Waals surface area contributed by atoms with Crippen molar-refractivity contribution >= 4 is 33.3 Å². The predicted molar refractivity (Wildman–Crippen MR) is 62.8 cm³/mol. The Morgan fingerprint density at radius 3 is 2.80 bits per heavy atom. The Hall–Kier alpha value is -0.410. The minimum Gasteiger partial charge on any atom is -0.299 e. The summed E-state index contributed by atoms with van der Waals surface area (Å²) < 4.78 is 13.3. The number of ketones is 1. The van der Waals surface area contributed by atoms with E-state index in [-0.39, 0.29) is 11.6 Å². The van der Waals surface area contributed by atoms with E-state index < -0.39 is 0 Å². The van der Waals surface area contributed by atoms with Gasteiger partial charge in [0, 0.05) is 18.7 Å². The fourth-order valence-corrected chi connectivity index (χ4v) is 1.79. The van der Waals surface area contributed by atoms with Gasteiger partial charge in [-0.2, -0.15) is 0 Å². The van der Waals surface area contributed by atoms with Crippen LogP contribution in [0.4, 0.5) is 4.39 Å². The van der Waals surface area contributed by atoms with E-state index in [1.54, 1.807) is 12.1 Å². The summed E-state index contributed by atoms with van der Waals surface area (Å²) in [5, 5.41) is 0. The first-order chi connectivity index (χ1) is 7.13. The minimum atomic E-state index is -0.313. The molecule has 0 aliphatic heterocycles. The highest BCUT2D eigenvalue weighted by molar-refractivity contribution is 9.10. The second-order valence-corrected chi connectivity index (χ2v) is 4.49. The molecule has 0 aromatic heterocycles. The number of halogens is 3. The summed E-state index contributed by atoms with van der Waals surface area (Å²) in [5.74, 6) is 0.319. The molecule has 15 heavy (non-hydrogen) atoms. The highest BCUT2D eigenvalue weighted by Gasteiger charge is 2.05. The zero-order valence-electron chi connectivity index (χ0n) is 8.10. The lowest BCUT2D eigenvalue weighted by atomic mass is 10.1. The first-order valence-corrected chi connectivity index (χ1v) is 5.98. The summed E-state index contributed by atoms with van der Waals surface area (Å²) in [6, 6.07) is 4.61. The number of alkyl halides is 1. The van der Waals surface area contributed by atoms with Gasteiger partial charge in [-0.1, -0.05) is 6.07 Å². The third-order valence-corrected chi connectivity index (χ3v) is 2.85. The molecule has 0 heterocycles. The number of carbonyl (C=O) groups excluding carboxylic acids is 1. The first-order valence-electron chi connectivity index (χ1n) is 4.65. The van der Waals surface area contributed by atoms with Gasteiger partial charge < -0.3 is 0 Å². The van der Waals surface area contributed by atoms with E-state index in [9.17, 15) is 9.18 Å². The predicted octanol–water partition coefficient (Wildman–Crippen LogP) is 3.72. The van der Waals surface area contributed by atoms with Gasteiger partial charge in [0.1, 0.15) is 11.6 Å². The molecule has 4 heteroatoms. The number of rotatable bonds is 5. The molecule has 0 aliphatic carbocycles. The number of benzene rings is 1. The van der Waals surface area contributed by atoms with Gasteiger partial charge in [0.05, 0.1) is 4.47 Å². The van der Waals surface area contributed by atoms with Crippen LogP contribution in [0.5, 0.6) is 0 Å². The molecule has 0 fully saturated rings. The van der Waals surface area contributed by atoms with Crippen LogP contribution in [0.2, 0.25) is 0 Å². The Kier molecular flexibility index (Phi) is 5.26. The normalized spacial score (nSPS) is 10.3. The Labute approximate surface area is 102 Å². The van der Waals surface area contributed by atoms with Crippen molar-refractivity contribution < 1.29 is 9.18 Å². The molecule has 0 saturated heterocycles. The van der Waals surface area contributed by atoms with Crippen molar-refractivity contribution in [2.75, 3.05) is 5.88 Å². The van der Waals surface area contributed by atoms with Gasteiger partial charge in [-0.15, -0.1) is 11.6 Å². The molecule has 0 aliphatic rings. The molecule has 0 spiro atoms. The summed E-state index contributed by atoms with van der Waals surface area (Å²) in [4.78, 5) is 11.4. The average molecular weight is 294 g/mol. The molecule has 0 radical (unpaired) electrons. The van der Waals surface area contributed by atoms with Gasteiger partial charge in [-0.3, -0.25) is 4.79 Å². The molecular formula is C11H11BrClFO. The summed E-state index contributed by atoms with van der Waals surface area (Å²) in [5.41, 5.74) is 0.822. The second kappa shape index (κ2) is 6.23. The van der Waals surface area contributed by atoms with Crippen molar-refractivity contribution in [1.82, 2.24) is 0 Å². The van der Waals surface area contributed by atoms with Crippen LogP contribution in [0.1, 0.15) is 18.4 Å². The SMILES string of the molecule is O=C(CCCCl)Cc1ccc(F)c(Br)c1. The van der Waals surface area contributed by atoms with Crippen LogP contribution in [-0.4, -0.2) is 11.7 Å². The van der Waals surface area contributed by atoms with E-state index in [1.807, 2.05) is 0 Å². The number of hydrogen-bond acceptors (Lipinski definition) is 1. The summed E-state index contributed by atoms with van der Waals surface area (Å²) in [6.07, 6.45) is 1.52. The van der Waals surface area contributed by atoms with Crippen LogP contribution in [0, 0.1) is 5.82 Å². The van der Waals surface area contributed by atoms with Crippen LogP contribution >= 0.6 is 27.5 Å². The third-order valence-electron chi connectivity index (χ3n) is 1.97. The highest BCUT2D eigenvalue weighted by atomic mass is 79.9. The minimum absolute atomic E-state index is 0.133. The second-order valence-electron chi connectivity index (χ2n) is 3.26. The lowest BCUT2D eigenvalue weighted by Gasteiger charge is -2.01. The van der Waals surface area contributed by atoms with E-state index in [0.717, 1.165) is 5.56 Å².